The lowest BCUT2D eigenvalue weighted by Crippen LogP contribution is -2.23. The molecule has 1 rings (SSSR count). The summed E-state index contributed by atoms with van der Waals surface area (Å²) in [6.45, 7) is 7.95. The van der Waals surface area contributed by atoms with E-state index >= 15 is 0 Å². The summed E-state index contributed by atoms with van der Waals surface area (Å²) in [7, 11) is 2.19. The lowest BCUT2D eigenvalue weighted by molar-refractivity contribution is 0.251. The van der Waals surface area contributed by atoms with Gasteiger partial charge in [-0.15, -0.1) is 0 Å². The molecule has 0 heterocycles. The van der Waals surface area contributed by atoms with E-state index in [-0.39, 0.29) is 0 Å². The highest BCUT2D eigenvalue weighted by molar-refractivity contribution is 5.41. The van der Waals surface area contributed by atoms with E-state index in [1.807, 2.05) is 12.1 Å². The molecule has 0 amide bonds. The van der Waals surface area contributed by atoms with Crippen molar-refractivity contribution in [2.24, 2.45) is 5.92 Å². The van der Waals surface area contributed by atoms with Crippen LogP contribution in [0, 0.1) is 5.92 Å². The third-order valence-electron chi connectivity index (χ3n) is 3.35. The number of rotatable bonds is 6. The summed E-state index contributed by atoms with van der Waals surface area (Å²) in [6.07, 6.45) is 2.56. The Morgan fingerprint density at radius 2 is 1.94 bits per heavy atom. The lowest BCUT2D eigenvalue weighted by Gasteiger charge is -2.25. The molecule has 0 saturated carbocycles. The maximum atomic E-state index is 5.82. The van der Waals surface area contributed by atoms with Gasteiger partial charge in [-0.3, -0.25) is 4.90 Å². The largest absolute Gasteiger partial charge is 0.399 e. The van der Waals surface area contributed by atoms with E-state index in [1.54, 1.807) is 0 Å². The molecule has 2 nitrogen and oxygen atoms in total. The molecule has 0 aromatic heterocycles. The molecule has 1 atom stereocenters. The van der Waals surface area contributed by atoms with Gasteiger partial charge in [-0.05, 0) is 57.0 Å². The summed E-state index contributed by atoms with van der Waals surface area (Å²) in [5, 5.41) is 0. The van der Waals surface area contributed by atoms with Crippen LogP contribution in [0.15, 0.2) is 24.3 Å². The molecule has 2 N–H and O–H groups in total. The fourth-order valence-electron chi connectivity index (χ4n) is 2.02. The van der Waals surface area contributed by atoms with Gasteiger partial charge in [0.15, 0.2) is 0 Å². The van der Waals surface area contributed by atoms with Crippen LogP contribution in [0.3, 0.4) is 0 Å². The first-order valence-electron chi connectivity index (χ1n) is 6.56. The van der Waals surface area contributed by atoms with Crippen molar-refractivity contribution in [3.05, 3.63) is 29.8 Å². The quantitative estimate of drug-likeness (QED) is 0.760. The minimum Gasteiger partial charge on any atom is -0.399 e. The Kier molecular flexibility index (Phi) is 5.49. The molecule has 0 bridgehead atoms. The molecule has 0 spiro atoms. The number of hydrogen-bond acceptors (Lipinski definition) is 2. The van der Waals surface area contributed by atoms with Crippen molar-refractivity contribution < 1.29 is 0 Å². The van der Waals surface area contributed by atoms with Gasteiger partial charge in [0.05, 0.1) is 0 Å². The Hall–Kier alpha value is -1.02. The van der Waals surface area contributed by atoms with Gasteiger partial charge in [0.2, 0.25) is 0 Å². The van der Waals surface area contributed by atoms with Crippen LogP contribution >= 0.6 is 0 Å². The zero-order chi connectivity index (χ0) is 12.8. The Labute approximate surface area is 106 Å². The highest BCUT2D eigenvalue weighted by Crippen LogP contribution is 2.21. The standard InChI is InChI=1S/C15H26N2/c1-12(2)7-6-10-17(4)13(3)14-8-5-9-15(16)11-14/h5,8-9,11-13H,6-7,10,16H2,1-4H3. The van der Waals surface area contributed by atoms with Crippen LogP contribution in [0.1, 0.15) is 45.2 Å². The fourth-order valence-corrected chi connectivity index (χ4v) is 2.02. The third kappa shape index (κ3) is 4.78. The SMILES string of the molecule is CC(C)CCCN(C)C(C)c1cccc(N)c1. The Balaban J connectivity index is 2.48. The normalized spacial score (nSPS) is 13.3. The van der Waals surface area contributed by atoms with E-state index in [1.165, 1.54) is 18.4 Å². The van der Waals surface area contributed by atoms with Gasteiger partial charge in [-0.25, -0.2) is 0 Å². The van der Waals surface area contributed by atoms with E-state index in [9.17, 15) is 0 Å². The second kappa shape index (κ2) is 6.65. The topological polar surface area (TPSA) is 29.3 Å². The summed E-state index contributed by atoms with van der Waals surface area (Å²) in [5.74, 6) is 0.797. The van der Waals surface area contributed by atoms with Crippen molar-refractivity contribution in [3.63, 3.8) is 0 Å². The van der Waals surface area contributed by atoms with Crippen LogP contribution in [-0.4, -0.2) is 18.5 Å². The fraction of sp³-hybridized carbons (Fsp3) is 0.600. The monoisotopic (exact) mass is 234 g/mol. The predicted molar refractivity (Wildman–Crippen MR) is 76.0 cm³/mol. The first-order valence-corrected chi connectivity index (χ1v) is 6.56. The Morgan fingerprint density at radius 1 is 1.24 bits per heavy atom. The van der Waals surface area contributed by atoms with Crippen LogP contribution in [0.25, 0.3) is 0 Å². The molecule has 0 saturated heterocycles. The molecule has 0 aliphatic carbocycles. The molecule has 1 aromatic rings. The summed E-state index contributed by atoms with van der Waals surface area (Å²) in [4.78, 5) is 2.40. The zero-order valence-electron chi connectivity index (χ0n) is 11.6. The van der Waals surface area contributed by atoms with Crippen molar-refractivity contribution in [2.45, 2.75) is 39.7 Å². The smallest absolute Gasteiger partial charge is 0.0317 e. The molecule has 1 aromatic carbocycles. The molecular weight excluding hydrogens is 208 g/mol. The van der Waals surface area contributed by atoms with E-state index in [0.29, 0.717) is 6.04 Å². The van der Waals surface area contributed by atoms with Gasteiger partial charge in [0, 0.05) is 11.7 Å². The van der Waals surface area contributed by atoms with E-state index in [4.69, 9.17) is 5.73 Å². The van der Waals surface area contributed by atoms with Crippen LogP contribution in [-0.2, 0) is 0 Å². The van der Waals surface area contributed by atoms with Crippen molar-refractivity contribution >= 4 is 5.69 Å². The number of nitrogens with two attached hydrogens (primary N) is 1. The molecule has 17 heavy (non-hydrogen) atoms. The minimum absolute atomic E-state index is 0.436. The molecule has 0 aliphatic rings. The van der Waals surface area contributed by atoms with Gasteiger partial charge < -0.3 is 5.73 Å². The average Bonchev–Trinajstić information content (AvgIpc) is 2.27. The van der Waals surface area contributed by atoms with Gasteiger partial charge in [-0.1, -0.05) is 26.0 Å². The number of anilines is 1. The molecule has 0 aliphatic heterocycles. The Bertz CT molecular complexity index is 333. The summed E-state index contributed by atoms with van der Waals surface area (Å²) < 4.78 is 0. The summed E-state index contributed by atoms with van der Waals surface area (Å²) in [5.41, 5.74) is 7.97. The second-order valence-electron chi connectivity index (χ2n) is 5.36. The maximum Gasteiger partial charge on any atom is 0.0317 e. The molecule has 96 valence electrons. The van der Waals surface area contributed by atoms with Crippen LogP contribution in [0.5, 0.6) is 0 Å². The van der Waals surface area contributed by atoms with Gasteiger partial charge in [0.25, 0.3) is 0 Å². The van der Waals surface area contributed by atoms with Gasteiger partial charge in [0.1, 0.15) is 0 Å². The molecule has 0 fully saturated rings. The highest BCUT2D eigenvalue weighted by Gasteiger charge is 2.11. The van der Waals surface area contributed by atoms with Crippen LogP contribution in [0.2, 0.25) is 0 Å². The van der Waals surface area contributed by atoms with Gasteiger partial charge in [-0.2, -0.15) is 0 Å². The minimum atomic E-state index is 0.436. The van der Waals surface area contributed by atoms with Crippen LogP contribution < -0.4 is 5.73 Å². The molecular formula is C15H26N2. The predicted octanol–water partition coefficient (Wildman–Crippen LogP) is 3.70. The second-order valence-corrected chi connectivity index (χ2v) is 5.36. The zero-order valence-corrected chi connectivity index (χ0v) is 11.6. The van der Waals surface area contributed by atoms with Crippen molar-refractivity contribution in [3.8, 4) is 0 Å². The van der Waals surface area contributed by atoms with Crippen molar-refractivity contribution in [1.29, 1.82) is 0 Å². The molecule has 2 heteroatoms. The number of hydrogen-bond donors (Lipinski definition) is 1. The first-order chi connectivity index (χ1) is 8.00. The number of benzene rings is 1. The van der Waals surface area contributed by atoms with Crippen molar-refractivity contribution in [2.75, 3.05) is 19.3 Å². The van der Waals surface area contributed by atoms with E-state index in [2.05, 4.69) is 44.9 Å². The summed E-state index contributed by atoms with van der Waals surface area (Å²) >= 11 is 0. The number of nitrogen functional groups attached to an aromatic ring is 1. The first kappa shape index (κ1) is 14.0. The average molecular weight is 234 g/mol. The van der Waals surface area contributed by atoms with E-state index < -0.39 is 0 Å². The van der Waals surface area contributed by atoms with Crippen LogP contribution in [0.4, 0.5) is 5.69 Å². The van der Waals surface area contributed by atoms with Gasteiger partial charge >= 0.3 is 0 Å². The highest BCUT2D eigenvalue weighted by atomic mass is 15.1. The Morgan fingerprint density at radius 3 is 2.53 bits per heavy atom. The third-order valence-corrected chi connectivity index (χ3v) is 3.35. The maximum absolute atomic E-state index is 5.82. The van der Waals surface area contributed by atoms with Crippen molar-refractivity contribution in [1.82, 2.24) is 4.90 Å². The molecule has 1 unspecified atom stereocenters. The lowest BCUT2D eigenvalue weighted by atomic mass is 10.0. The summed E-state index contributed by atoms with van der Waals surface area (Å²) in [6, 6.07) is 8.63. The van der Waals surface area contributed by atoms with E-state index in [0.717, 1.165) is 18.2 Å². The molecule has 0 radical (unpaired) electrons. The number of nitrogens with zero attached hydrogens (tertiary/aromatic N) is 1.